The summed E-state index contributed by atoms with van der Waals surface area (Å²) in [4.78, 5) is 12.5. The maximum Gasteiger partial charge on any atom is 0.196 e. The Morgan fingerprint density at radius 1 is 1.05 bits per heavy atom. The topological polar surface area (TPSA) is 35.5 Å². The molecule has 0 atom stereocenters. The summed E-state index contributed by atoms with van der Waals surface area (Å²) in [6.45, 7) is 0. The van der Waals surface area contributed by atoms with E-state index in [9.17, 15) is 4.79 Å². The van der Waals surface area contributed by atoms with Crippen molar-refractivity contribution >= 4 is 33.3 Å². The van der Waals surface area contributed by atoms with Crippen LogP contribution in [0.2, 0.25) is 5.02 Å². The summed E-state index contributed by atoms with van der Waals surface area (Å²) in [5.74, 6) is 0.987. The van der Waals surface area contributed by atoms with Crippen molar-refractivity contribution < 1.29 is 14.3 Å². The van der Waals surface area contributed by atoms with Crippen molar-refractivity contribution in [2.75, 3.05) is 14.2 Å². The number of halogens is 2. The van der Waals surface area contributed by atoms with E-state index in [2.05, 4.69) is 15.9 Å². The van der Waals surface area contributed by atoms with Crippen LogP contribution >= 0.6 is 27.5 Å². The lowest BCUT2D eigenvalue weighted by Crippen LogP contribution is -2.04. The molecule has 104 valence electrons. The third kappa shape index (κ3) is 2.97. The first-order chi connectivity index (χ1) is 9.56. The monoisotopic (exact) mass is 354 g/mol. The maximum absolute atomic E-state index is 12.5. The molecular weight excluding hydrogens is 344 g/mol. The molecule has 0 bridgehead atoms. The summed E-state index contributed by atoms with van der Waals surface area (Å²) in [6.07, 6.45) is 0. The van der Waals surface area contributed by atoms with Crippen LogP contribution < -0.4 is 9.47 Å². The minimum absolute atomic E-state index is 0.137. The predicted octanol–water partition coefficient (Wildman–Crippen LogP) is 4.35. The van der Waals surface area contributed by atoms with E-state index in [-0.39, 0.29) is 5.78 Å². The van der Waals surface area contributed by atoms with E-state index < -0.39 is 0 Å². The first kappa shape index (κ1) is 14.9. The van der Waals surface area contributed by atoms with Gasteiger partial charge in [-0.05, 0) is 52.3 Å². The number of rotatable bonds is 4. The molecule has 0 saturated carbocycles. The van der Waals surface area contributed by atoms with Crippen molar-refractivity contribution in [1.82, 2.24) is 0 Å². The standard InChI is InChI=1S/C15H12BrClO3/c1-19-13-6-3-9(7-12(13)16)15(18)11-5-4-10(17)8-14(11)20-2/h3-8H,1-2H3. The van der Waals surface area contributed by atoms with Crippen LogP contribution in [0.5, 0.6) is 11.5 Å². The molecule has 2 rings (SSSR count). The molecule has 3 nitrogen and oxygen atoms in total. The lowest BCUT2D eigenvalue weighted by Gasteiger charge is -2.09. The van der Waals surface area contributed by atoms with Gasteiger partial charge in [-0.3, -0.25) is 4.79 Å². The molecule has 0 radical (unpaired) electrons. The number of ether oxygens (including phenoxy) is 2. The second-order valence-corrected chi connectivity index (χ2v) is 5.31. The fourth-order valence-corrected chi connectivity index (χ4v) is 2.52. The molecule has 20 heavy (non-hydrogen) atoms. The number of hydrogen-bond donors (Lipinski definition) is 0. The molecule has 0 unspecified atom stereocenters. The van der Waals surface area contributed by atoms with Gasteiger partial charge in [-0.1, -0.05) is 11.6 Å². The summed E-state index contributed by atoms with van der Waals surface area (Å²) in [6, 6.07) is 10.1. The molecule has 0 spiro atoms. The van der Waals surface area contributed by atoms with E-state index in [4.69, 9.17) is 21.1 Å². The molecule has 5 heteroatoms. The van der Waals surface area contributed by atoms with Crippen molar-refractivity contribution in [1.29, 1.82) is 0 Å². The minimum Gasteiger partial charge on any atom is -0.496 e. The molecule has 0 fully saturated rings. The fourth-order valence-electron chi connectivity index (χ4n) is 1.82. The van der Waals surface area contributed by atoms with Crippen molar-refractivity contribution in [3.8, 4) is 11.5 Å². The predicted molar refractivity (Wildman–Crippen MR) is 82.1 cm³/mol. The van der Waals surface area contributed by atoms with Gasteiger partial charge in [-0.15, -0.1) is 0 Å². The Labute approximate surface area is 130 Å². The summed E-state index contributed by atoms with van der Waals surface area (Å²) in [5, 5.41) is 0.523. The Balaban J connectivity index is 2.43. The first-order valence-electron chi connectivity index (χ1n) is 5.78. The van der Waals surface area contributed by atoms with Gasteiger partial charge < -0.3 is 9.47 Å². The van der Waals surface area contributed by atoms with Crippen LogP contribution in [0.25, 0.3) is 0 Å². The average molecular weight is 356 g/mol. The first-order valence-corrected chi connectivity index (χ1v) is 6.95. The highest BCUT2D eigenvalue weighted by molar-refractivity contribution is 9.10. The third-order valence-corrected chi connectivity index (χ3v) is 3.68. The van der Waals surface area contributed by atoms with Gasteiger partial charge >= 0.3 is 0 Å². The number of carbonyl (C=O) groups is 1. The van der Waals surface area contributed by atoms with E-state index in [1.54, 1.807) is 43.5 Å². The molecule has 2 aromatic rings. The summed E-state index contributed by atoms with van der Waals surface area (Å²) in [7, 11) is 3.08. The highest BCUT2D eigenvalue weighted by atomic mass is 79.9. The van der Waals surface area contributed by atoms with Crippen LogP contribution in [-0.2, 0) is 0 Å². The van der Waals surface area contributed by atoms with Crippen LogP contribution in [0.1, 0.15) is 15.9 Å². The quantitative estimate of drug-likeness (QED) is 0.765. The summed E-state index contributed by atoms with van der Waals surface area (Å²) in [5.41, 5.74) is 1.01. The van der Waals surface area contributed by atoms with Gasteiger partial charge in [0.25, 0.3) is 0 Å². The van der Waals surface area contributed by atoms with Crippen molar-refractivity contribution in [2.45, 2.75) is 0 Å². The molecule has 0 amide bonds. The molecule has 2 aromatic carbocycles. The maximum atomic E-state index is 12.5. The van der Waals surface area contributed by atoms with Crippen LogP contribution in [0, 0.1) is 0 Å². The van der Waals surface area contributed by atoms with Gasteiger partial charge in [0.05, 0.1) is 24.3 Å². The van der Waals surface area contributed by atoms with E-state index in [0.717, 1.165) is 4.47 Å². The molecular formula is C15H12BrClO3. The number of hydrogen-bond acceptors (Lipinski definition) is 3. The zero-order valence-electron chi connectivity index (χ0n) is 10.9. The smallest absolute Gasteiger partial charge is 0.196 e. The zero-order chi connectivity index (χ0) is 14.7. The van der Waals surface area contributed by atoms with E-state index >= 15 is 0 Å². The number of methoxy groups -OCH3 is 2. The highest BCUT2D eigenvalue weighted by Gasteiger charge is 2.16. The fraction of sp³-hybridized carbons (Fsp3) is 0.133. The second kappa shape index (κ2) is 6.29. The normalized spacial score (nSPS) is 10.2. The van der Waals surface area contributed by atoms with Crippen LogP contribution in [0.3, 0.4) is 0 Å². The molecule has 0 aliphatic heterocycles. The molecule has 0 heterocycles. The van der Waals surface area contributed by atoms with E-state index in [1.165, 1.54) is 7.11 Å². The minimum atomic E-state index is -0.137. The van der Waals surface area contributed by atoms with Crippen molar-refractivity contribution in [3.63, 3.8) is 0 Å². The molecule has 0 saturated heterocycles. The molecule has 0 aliphatic rings. The average Bonchev–Trinajstić information content (AvgIpc) is 2.46. The Morgan fingerprint density at radius 3 is 2.35 bits per heavy atom. The van der Waals surface area contributed by atoms with Crippen molar-refractivity contribution in [2.24, 2.45) is 0 Å². The lowest BCUT2D eigenvalue weighted by atomic mass is 10.0. The largest absolute Gasteiger partial charge is 0.496 e. The molecule has 0 aliphatic carbocycles. The molecule has 0 aromatic heterocycles. The van der Waals surface area contributed by atoms with Gasteiger partial charge in [0.1, 0.15) is 11.5 Å². The van der Waals surface area contributed by atoms with Gasteiger partial charge in [0.2, 0.25) is 0 Å². The van der Waals surface area contributed by atoms with Crippen LogP contribution in [0.15, 0.2) is 40.9 Å². The third-order valence-electron chi connectivity index (χ3n) is 2.82. The zero-order valence-corrected chi connectivity index (χ0v) is 13.3. The summed E-state index contributed by atoms with van der Waals surface area (Å²) < 4.78 is 11.1. The van der Waals surface area contributed by atoms with E-state index in [1.807, 2.05) is 0 Å². The number of ketones is 1. The second-order valence-electron chi connectivity index (χ2n) is 4.02. The van der Waals surface area contributed by atoms with Crippen LogP contribution in [0.4, 0.5) is 0 Å². The Bertz CT molecular complexity index is 656. The van der Waals surface area contributed by atoms with Crippen molar-refractivity contribution in [3.05, 3.63) is 57.0 Å². The van der Waals surface area contributed by atoms with Gasteiger partial charge in [-0.25, -0.2) is 0 Å². The Kier molecular flexibility index (Phi) is 4.68. The summed E-state index contributed by atoms with van der Waals surface area (Å²) >= 11 is 9.26. The van der Waals surface area contributed by atoms with Gasteiger partial charge in [-0.2, -0.15) is 0 Å². The van der Waals surface area contributed by atoms with Crippen LogP contribution in [-0.4, -0.2) is 20.0 Å². The Hall–Kier alpha value is -1.52. The van der Waals surface area contributed by atoms with Gasteiger partial charge in [0.15, 0.2) is 5.78 Å². The highest BCUT2D eigenvalue weighted by Crippen LogP contribution is 2.29. The molecule has 0 N–H and O–H groups in total. The van der Waals surface area contributed by atoms with Gasteiger partial charge in [0, 0.05) is 10.6 Å². The SMILES string of the molecule is COc1ccc(C(=O)c2ccc(Cl)cc2OC)cc1Br. The Morgan fingerprint density at radius 2 is 1.75 bits per heavy atom. The lowest BCUT2D eigenvalue weighted by molar-refractivity contribution is 0.103. The number of carbonyl (C=O) groups excluding carboxylic acids is 1. The number of benzene rings is 2. The van der Waals surface area contributed by atoms with E-state index in [0.29, 0.717) is 27.6 Å².